The monoisotopic (exact) mass is 329 g/mol. The molecule has 0 unspecified atom stereocenters. The molecule has 106 valence electrons. The Hall–Kier alpha value is -1.30. The molecule has 0 saturated carbocycles. The van der Waals surface area contributed by atoms with Gasteiger partial charge in [0, 0.05) is 12.6 Å². The molecule has 1 heterocycles. The molecule has 2 N–H and O–H groups in total. The van der Waals surface area contributed by atoms with E-state index in [1.807, 2.05) is 14.0 Å². The van der Waals surface area contributed by atoms with Crippen LogP contribution >= 0.6 is 35.4 Å². The molecule has 0 aliphatic carbocycles. The SMILES string of the molecule is Cc1nn(C)c(COc2ccc(C(N)=S)cc2Cl)c1Cl. The van der Waals surface area contributed by atoms with Crippen molar-refractivity contribution in [1.82, 2.24) is 9.78 Å². The van der Waals surface area contributed by atoms with Gasteiger partial charge in [0.1, 0.15) is 17.3 Å². The van der Waals surface area contributed by atoms with Crippen molar-refractivity contribution in [2.24, 2.45) is 12.8 Å². The molecular weight excluding hydrogens is 317 g/mol. The second-order valence-electron chi connectivity index (χ2n) is 4.27. The van der Waals surface area contributed by atoms with Crippen LogP contribution in [0.4, 0.5) is 0 Å². The number of thiocarbonyl (C=S) groups is 1. The first kappa shape index (κ1) is 15.1. The normalized spacial score (nSPS) is 10.6. The zero-order valence-corrected chi connectivity index (χ0v) is 13.3. The van der Waals surface area contributed by atoms with E-state index in [-0.39, 0.29) is 6.61 Å². The Kier molecular flexibility index (Phi) is 4.52. The van der Waals surface area contributed by atoms with E-state index in [1.165, 1.54) is 0 Å². The standard InChI is InChI=1S/C13H13Cl2N3OS/c1-7-12(15)10(18(2)17-7)6-19-11-4-3-8(13(16)20)5-9(11)14/h3-5H,6H2,1-2H3,(H2,16,20). The van der Waals surface area contributed by atoms with Gasteiger partial charge >= 0.3 is 0 Å². The molecular formula is C13H13Cl2N3OS. The third kappa shape index (κ3) is 3.06. The van der Waals surface area contributed by atoms with Gasteiger partial charge in [-0.3, -0.25) is 4.68 Å². The van der Waals surface area contributed by atoms with Gasteiger partial charge in [-0.2, -0.15) is 5.10 Å². The number of hydrogen-bond acceptors (Lipinski definition) is 3. The first-order valence-corrected chi connectivity index (χ1v) is 6.96. The van der Waals surface area contributed by atoms with Gasteiger partial charge < -0.3 is 10.5 Å². The van der Waals surface area contributed by atoms with E-state index in [0.29, 0.717) is 26.3 Å². The van der Waals surface area contributed by atoms with Crippen molar-refractivity contribution in [3.63, 3.8) is 0 Å². The highest BCUT2D eigenvalue weighted by Crippen LogP contribution is 2.27. The third-order valence-corrected chi connectivity index (χ3v) is 3.87. The Bertz CT molecular complexity index is 670. The highest BCUT2D eigenvalue weighted by atomic mass is 35.5. The van der Waals surface area contributed by atoms with Crippen molar-refractivity contribution in [3.8, 4) is 5.75 Å². The van der Waals surface area contributed by atoms with Crippen LogP contribution in [0.3, 0.4) is 0 Å². The number of aromatic nitrogens is 2. The molecule has 0 bridgehead atoms. The smallest absolute Gasteiger partial charge is 0.138 e. The van der Waals surface area contributed by atoms with Crippen molar-refractivity contribution in [2.75, 3.05) is 0 Å². The summed E-state index contributed by atoms with van der Waals surface area (Å²) in [5.41, 5.74) is 7.80. The first-order valence-electron chi connectivity index (χ1n) is 5.80. The van der Waals surface area contributed by atoms with Crippen LogP contribution in [0.5, 0.6) is 5.75 Å². The van der Waals surface area contributed by atoms with Crippen molar-refractivity contribution < 1.29 is 4.74 Å². The fourth-order valence-corrected chi connectivity index (χ4v) is 2.33. The Morgan fingerprint density at radius 2 is 2.15 bits per heavy atom. The van der Waals surface area contributed by atoms with Crippen molar-refractivity contribution in [2.45, 2.75) is 13.5 Å². The fraction of sp³-hybridized carbons (Fsp3) is 0.231. The summed E-state index contributed by atoms with van der Waals surface area (Å²) in [5.74, 6) is 0.543. The molecule has 2 rings (SSSR count). The number of nitrogens with zero attached hydrogens (tertiary/aromatic N) is 2. The van der Waals surface area contributed by atoms with E-state index in [1.54, 1.807) is 22.9 Å². The molecule has 1 aromatic carbocycles. The van der Waals surface area contributed by atoms with Crippen LogP contribution in [0, 0.1) is 6.92 Å². The topological polar surface area (TPSA) is 53.1 Å². The molecule has 0 amide bonds. The fourth-order valence-electron chi connectivity index (χ4n) is 1.75. The molecule has 0 spiro atoms. The van der Waals surface area contributed by atoms with E-state index in [4.69, 9.17) is 45.9 Å². The Morgan fingerprint density at radius 1 is 1.45 bits per heavy atom. The molecule has 20 heavy (non-hydrogen) atoms. The Labute approximate surface area is 132 Å². The summed E-state index contributed by atoms with van der Waals surface area (Å²) in [6, 6.07) is 5.17. The molecule has 2 aromatic rings. The number of aryl methyl sites for hydroxylation is 2. The molecule has 0 atom stereocenters. The van der Waals surface area contributed by atoms with Crippen LogP contribution in [0.15, 0.2) is 18.2 Å². The maximum atomic E-state index is 6.16. The van der Waals surface area contributed by atoms with Crippen LogP contribution in [-0.4, -0.2) is 14.8 Å². The van der Waals surface area contributed by atoms with Crippen LogP contribution in [0.1, 0.15) is 17.0 Å². The third-order valence-electron chi connectivity index (χ3n) is 2.84. The average molecular weight is 330 g/mol. The molecule has 0 radical (unpaired) electrons. The maximum Gasteiger partial charge on any atom is 0.138 e. The average Bonchev–Trinajstić information content (AvgIpc) is 2.62. The van der Waals surface area contributed by atoms with Crippen molar-refractivity contribution >= 4 is 40.4 Å². The predicted octanol–water partition coefficient (Wildman–Crippen LogP) is 3.25. The van der Waals surface area contributed by atoms with Gasteiger partial charge in [-0.1, -0.05) is 35.4 Å². The summed E-state index contributed by atoms with van der Waals surface area (Å²) < 4.78 is 7.36. The van der Waals surface area contributed by atoms with Crippen LogP contribution < -0.4 is 10.5 Å². The molecule has 0 aliphatic rings. The minimum Gasteiger partial charge on any atom is -0.486 e. The number of rotatable bonds is 4. The highest BCUT2D eigenvalue weighted by molar-refractivity contribution is 7.80. The molecule has 4 nitrogen and oxygen atoms in total. The lowest BCUT2D eigenvalue weighted by molar-refractivity contribution is 0.295. The zero-order chi connectivity index (χ0) is 14.9. The molecule has 7 heteroatoms. The lowest BCUT2D eigenvalue weighted by atomic mass is 10.2. The Morgan fingerprint density at radius 3 is 2.65 bits per heavy atom. The highest BCUT2D eigenvalue weighted by Gasteiger charge is 2.12. The largest absolute Gasteiger partial charge is 0.486 e. The van der Waals surface area contributed by atoms with Gasteiger partial charge in [-0.25, -0.2) is 0 Å². The molecule has 0 saturated heterocycles. The summed E-state index contributed by atoms with van der Waals surface area (Å²) >= 11 is 17.2. The maximum absolute atomic E-state index is 6.16. The van der Waals surface area contributed by atoms with Gasteiger partial charge in [0.05, 0.1) is 21.4 Å². The number of nitrogens with two attached hydrogens (primary N) is 1. The summed E-state index contributed by atoms with van der Waals surface area (Å²) in [5, 5.41) is 5.27. The summed E-state index contributed by atoms with van der Waals surface area (Å²) in [6.45, 7) is 2.12. The van der Waals surface area contributed by atoms with Crippen molar-refractivity contribution in [1.29, 1.82) is 0 Å². The second-order valence-corrected chi connectivity index (χ2v) is 5.49. The van der Waals surface area contributed by atoms with Gasteiger partial charge in [-0.05, 0) is 25.1 Å². The van der Waals surface area contributed by atoms with E-state index < -0.39 is 0 Å². The van der Waals surface area contributed by atoms with Crippen molar-refractivity contribution in [3.05, 3.63) is 45.2 Å². The Balaban J connectivity index is 2.17. The van der Waals surface area contributed by atoms with Gasteiger partial charge in [0.15, 0.2) is 0 Å². The zero-order valence-electron chi connectivity index (χ0n) is 11.0. The predicted molar refractivity (Wildman–Crippen MR) is 84.6 cm³/mol. The molecule has 1 aromatic heterocycles. The van der Waals surface area contributed by atoms with E-state index in [2.05, 4.69) is 5.10 Å². The summed E-state index contributed by atoms with van der Waals surface area (Å²) in [6.07, 6.45) is 0. The first-order chi connectivity index (χ1) is 9.40. The number of hydrogen-bond donors (Lipinski definition) is 1. The lowest BCUT2D eigenvalue weighted by Gasteiger charge is -2.09. The second kappa shape index (κ2) is 5.99. The number of benzene rings is 1. The number of halogens is 2. The van der Waals surface area contributed by atoms with Crippen LogP contribution in [0.2, 0.25) is 10.0 Å². The van der Waals surface area contributed by atoms with Gasteiger partial charge in [0.2, 0.25) is 0 Å². The summed E-state index contributed by atoms with van der Waals surface area (Å²) in [4.78, 5) is 0.295. The quantitative estimate of drug-likeness (QED) is 0.875. The van der Waals surface area contributed by atoms with Crippen LogP contribution in [-0.2, 0) is 13.7 Å². The number of ether oxygens (including phenoxy) is 1. The molecule has 0 fully saturated rings. The minimum atomic E-state index is 0.280. The lowest BCUT2D eigenvalue weighted by Crippen LogP contribution is -2.09. The molecule has 0 aliphatic heterocycles. The van der Waals surface area contributed by atoms with E-state index >= 15 is 0 Å². The van der Waals surface area contributed by atoms with E-state index in [0.717, 1.165) is 11.4 Å². The minimum absolute atomic E-state index is 0.280. The summed E-state index contributed by atoms with van der Waals surface area (Å²) in [7, 11) is 1.81. The van der Waals surface area contributed by atoms with Gasteiger partial charge in [0.25, 0.3) is 0 Å². The van der Waals surface area contributed by atoms with Crippen LogP contribution in [0.25, 0.3) is 0 Å². The van der Waals surface area contributed by atoms with E-state index in [9.17, 15) is 0 Å². The van der Waals surface area contributed by atoms with Gasteiger partial charge in [-0.15, -0.1) is 0 Å².